The number of amides is 1. The molecule has 88 valence electrons. The highest BCUT2D eigenvalue weighted by molar-refractivity contribution is 9.10. The average Bonchev–Trinajstić information content (AvgIpc) is 2.20. The number of carbonyl (C=O) groups is 1. The molecule has 0 unspecified atom stereocenters. The maximum Gasteiger partial charge on any atom is 0.240 e. The van der Waals surface area contributed by atoms with E-state index in [0.717, 1.165) is 0 Å². The number of aromatic nitrogens is 1. The van der Waals surface area contributed by atoms with E-state index in [1.54, 1.807) is 32.2 Å². The van der Waals surface area contributed by atoms with Crippen LogP contribution in [0.4, 0.5) is 5.69 Å². The van der Waals surface area contributed by atoms with Gasteiger partial charge in [-0.2, -0.15) is 0 Å². The SMILES string of the molecule is CCOc1ncccc1NC(=O)C(C)(C)Br. The van der Waals surface area contributed by atoms with Crippen LogP contribution in [0, 0.1) is 0 Å². The Labute approximate surface area is 104 Å². The van der Waals surface area contributed by atoms with Gasteiger partial charge in [0.15, 0.2) is 0 Å². The predicted octanol–water partition coefficient (Wildman–Crippen LogP) is 2.59. The number of carbonyl (C=O) groups excluding carboxylic acids is 1. The van der Waals surface area contributed by atoms with E-state index >= 15 is 0 Å². The molecular weight excluding hydrogens is 272 g/mol. The molecule has 0 aliphatic rings. The standard InChI is InChI=1S/C11H15BrN2O2/c1-4-16-9-8(6-5-7-13-9)14-10(15)11(2,3)12/h5-7H,4H2,1-3H3,(H,14,15). The van der Waals surface area contributed by atoms with E-state index in [0.29, 0.717) is 18.2 Å². The Bertz CT molecular complexity index is 374. The molecule has 1 N–H and O–H groups in total. The molecule has 1 aromatic rings. The molecule has 5 heteroatoms. The number of pyridine rings is 1. The minimum atomic E-state index is -0.619. The van der Waals surface area contributed by atoms with Crippen molar-refractivity contribution < 1.29 is 9.53 Å². The summed E-state index contributed by atoms with van der Waals surface area (Å²) in [4.78, 5) is 15.8. The molecule has 0 saturated carbocycles. The molecule has 0 aliphatic carbocycles. The van der Waals surface area contributed by atoms with Crippen LogP contribution in [0.5, 0.6) is 5.88 Å². The van der Waals surface area contributed by atoms with E-state index in [-0.39, 0.29) is 5.91 Å². The highest BCUT2D eigenvalue weighted by Crippen LogP contribution is 2.24. The van der Waals surface area contributed by atoms with Gasteiger partial charge in [0.05, 0.1) is 10.9 Å². The summed E-state index contributed by atoms with van der Waals surface area (Å²) in [5, 5.41) is 2.76. The van der Waals surface area contributed by atoms with Crippen LogP contribution in [0.3, 0.4) is 0 Å². The fraction of sp³-hybridized carbons (Fsp3) is 0.455. The van der Waals surface area contributed by atoms with Gasteiger partial charge in [0.1, 0.15) is 5.69 Å². The zero-order valence-electron chi connectivity index (χ0n) is 9.58. The van der Waals surface area contributed by atoms with Crippen LogP contribution >= 0.6 is 15.9 Å². The zero-order valence-corrected chi connectivity index (χ0v) is 11.2. The second kappa shape index (κ2) is 5.30. The van der Waals surface area contributed by atoms with E-state index in [1.165, 1.54) is 0 Å². The number of alkyl halides is 1. The summed E-state index contributed by atoms with van der Waals surface area (Å²) in [5.41, 5.74) is 0.585. The first-order valence-electron chi connectivity index (χ1n) is 5.03. The summed E-state index contributed by atoms with van der Waals surface area (Å²) in [7, 11) is 0. The highest BCUT2D eigenvalue weighted by atomic mass is 79.9. The molecule has 0 spiro atoms. The van der Waals surface area contributed by atoms with Gasteiger partial charge < -0.3 is 10.1 Å². The van der Waals surface area contributed by atoms with Crippen LogP contribution in [-0.2, 0) is 4.79 Å². The molecule has 0 aromatic carbocycles. The smallest absolute Gasteiger partial charge is 0.240 e. The number of hydrogen-bond acceptors (Lipinski definition) is 3. The first-order valence-corrected chi connectivity index (χ1v) is 5.82. The second-order valence-corrected chi connectivity index (χ2v) is 5.70. The minimum Gasteiger partial charge on any atom is -0.476 e. The Hall–Kier alpha value is -1.10. The molecular formula is C11H15BrN2O2. The van der Waals surface area contributed by atoms with Crippen LogP contribution in [0.15, 0.2) is 18.3 Å². The average molecular weight is 287 g/mol. The van der Waals surface area contributed by atoms with Gasteiger partial charge in [-0.1, -0.05) is 15.9 Å². The van der Waals surface area contributed by atoms with Crippen molar-refractivity contribution in [1.29, 1.82) is 0 Å². The van der Waals surface area contributed by atoms with E-state index in [4.69, 9.17) is 4.74 Å². The van der Waals surface area contributed by atoms with Crippen molar-refractivity contribution in [2.45, 2.75) is 25.1 Å². The number of nitrogens with zero attached hydrogens (tertiary/aromatic N) is 1. The van der Waals surface area contributed by atoms with Crippen molar-refractivity contribution in [2.24, 2.45) is 0 Å². The lowest BCUT2D eigenvalue weighted by Gasteiger charge is -2.17. The minimum absolute atomic E-state index is 0.138. The van der Waals surface area contributed by atoms with Crippen LogP contribution in [0.2, 0.25) is 0 Å². The largest absolute Gasteiger partial charge is 0.476 e. The summed E-state index contributed by atoms with van der Waals surface area (Å²) < 4.78 is 4.69. The Morgan fingerprint density at radius 3 is 2.88 bits per heavy atom. The summed E-state index contributed by atoms with van der Waals surface area (Å²) in [6, 6.07) is 3.51. The molecule has 1 amide bonds. The number of halogens is 1. The van der Waals surface area contributed by atoms with Gasteiger partial charge in [0.25, 0.3) is 0 Å². The topological polar surface area (TPSA) is 51.2 Å². The summed E-state index contributed by atoms with van der Waals surface area (Å²) >= 11 is 3.29. The quantitative estimate of drug-likeness (QED) is 0.866. The lowest BCUT2D eigenvalue weighted by Crippen LogP contribution is -2.31. The maximum atomic E-state index is 11.7. The number of nitrogens with one attached hydrogen (secondary N) is 1. The number of ether oxygens (including phenoxy) is 1. The van der Waals surface area contributed by atoms with Crippen LogP contribution in [-0.4, -0.2) is 21.8 Å². The fourth-order valence-electron chi connectivity index (χ4n) is 1.01. The predicted molar refractivity (Wildman–Crippen MR) is 67.0 cm³/mol. The zero-order chi connectivity index (χ0) is 12.2. The van der Waals surface area contributed by atoms with Crippen LogP contribution in [0.1, 0.15) is 20.8 Å². The van der Waals surface area contributed by atoms with Crippen molar-refractivity contribution in [3.8, 4) is 5.88 Å². The molecule has 0 aliphatic heterocycles. The summed E-state index contributed by atoms with van der Waals surface area (Å²) in [6.45, 7) is 5.93. The fourth-order valence-corrected chi connectivity index (χ4v) is 1.11. The molecule has 0 radical (unpaired) electrons. The molecule has 1 heterocycles. The summed E-state index contributed by atoms with van der Waals surface area (Å²) in [5.74, 6) is 0.302. The first-order chi connectivity index (χ1) is 7.45. The monoisotopic (exact) mass is 286 g/mol. The third kappa shape index (κ3) is 3.48. The lowest BCUT2D eigenvalue weighted by molar-refractivity contribution is -0.117. The van der Waals surface area contributed by atoms with Crippen LogP contribution < -0.4 is 10.1 Å². The third-order valence-electron chi connectivity index (χ3n) is 1.84. The van der Waals surface area contributed by atoms with Crippen molar-refractivity contribution in [3.63, 3.8) is 0 Å². The Balaban J connectivity index is 2.84. The van der Waals surface area contributed by atoms with Crippen molar-refractivity contribution >= 4 is 27.5 Å². The van der Waals surface area contributed by atoms with Gasteiger partial charge in [0, 0.05) is 6.20 Å². The van der Waals surface area contributed by atoms with Crippen molar-refractivity contribution in [1.82, 2.24) is 4.98 Å². The van der Waals surface area contributed by atoms with Gasteiger partial charge in [-0.05, 0) is 32.9 Å². The first kappa shape index (κ1) is 13.0. The number of anilines is 1. The second-order valence-electron chi connectivity index (χ2n) is 3.72. The molecule has 0 fully saturated rings. The molecule has 0 saturated heterocycles. The van der Waals surface area contributed by atoms with Gasteiger partial charge in [-0.25, -0.2) is 4.98 Å². The molecule has 16 heavy (non-hydrogen) atoms. The number of rotatable bonds is 4. The van der Waals surface area contributed by atoms with Gasteiger partial charge in [-0.15, -0.1) is 0 Å². The molecule has 1 rings (SSSR count). The highest BCUT2D eigenvalue weighted by Gasteiger charge is 2.24. The Morgan fingerprint density at radius 2 is 2.31 bits per heavy atom. The molecule has 0 bridgehead atoms. The molecule has 1 aromatic heterocycles. The summed E-state index contributed by atoms with van der Waals surface area (Å²) in [6.07, 6.45) is 1.62. The molecule has 4 nitrogen and oxygen atoms in total. The number of hydrogen-bond donors (Lipinski definition) is 1. The van der Waals surface area contributed by atoms with Gasteiger partial charge in [-0.3, -0.25) is 4.79 Å². The Kier molecular flexibility index (Phi) is 4.29. The van der Waals surface area contributed by atoms with E-state index in [2.05, 4.69) is 26.2 Å². The van der Waals surface area contributed by atoms with Crippen LogP contribution in [0.25, 0.3) is 0 Å². The lowest BCUT2D eigenvalue weighted by atomic mass is 10.2. The normalized spacial score (nSPS) is 11.0. The van der Waals surface area contributed by atoms with E-state index in [9.17, 15) is 4.79 Å². The molecule has 0 atom stereocenters. The van der Waals surface area contributed by atoms with E-state index < -0.39 is 4.32 Å². The Morgan fingerprint density at radius 1 is 1.62 bits per heavy atom. The maximum absolute atomic E-state index is 11.7. The van der Waals surface area contributed by atoms with Crippen molar-refractivity contribution in [2.75, 3.05) is 11.9 Å². The van der Waals surface area contributed by atoms with Crippen molar-refractivity contribution in [3.05, 3.63) is 18.3 Å². The van der Waals surface area contributed by atoms with Gasteiger partial charge >= 0.3 is 0 Å². The van der Waals surface area contributed by atoms with E-state index in [1.807, 2.05) is 6.92 Å². The third-order valence-corrected chi connectivity index (χ3v) is 2.20. The van der Waals surface area contributed by atoms with Gasteiger partial charge in [0.2, 0.25) is 11.8 Å².